The molecule has 19 nitrogen and oxygen atoms in total. The summed E-state index contributed by atoms with van der Waals surface area (Å²) in [6.45, 7) is 16.8. The number of aromatic nitrogens is 3. The fourth-order valence-corrected chi connectivity index (χ4v) is 8.00. The van der Waals surface area contributed by atoms with Gasteiger partial charge in [-0.1, -0.05) is 13.3 Å². The highest BCUT2D eigenvalue weighted by Gasteiger charge is 2.24. The number of nitrogens with two attached hydrogens (primary N) is 1. The molecule has 1 aliphatic rings. The Hall–Kier alpha value is -4.37. The fourth-order valence-electron chi connectivity index (χ4n) is 8.00. The molecule has 0 unspecified atom stereocenters. The summed E-state index contributed by atoms with van der Waals surface area (Å²) >= 11 is 0. The maximum atomic E-state index is 13.6. The monoisotopic (exact) mass is 1080 g/mol. The van der Waals surface area contributed by atoms with E-state index in [-0.39, 0.29) is 25.9 Å². The van der Waals surface area contributed by atoms with Gasteiger partial charge in [-0.2, -0.15) is 8.78 Å². The number of halogens is 4. The summed E-state index contributed by atoms with van der Waals surface area (Å²) < 4.78 is 116. The number of rotatable bonds is 43. The smallest absolute Gasteiger partial charge is 0.313 e. The molecule has 4 aromatic rings. The van der Waals surface area contributed by atoms with Gasteiger partial charge in [0.2, 0.25) is 17.4 Å². The van der Waals surface area contributed by atoms with E-state index in [4.69, 9.17) is 63.1 Å². The van der Waals surface area contributed by atoms with Crippen LogP contribution in [0.4, 0.5) is 29.1 Å². The Morgan fingerprint density at radius 2 is 1.11 bits per heavy atom. The number of pyridine rings is 1. The van der Waals surface area contributed by atoms with Gasteiger partial charge in [0.1, 0.15) is 11.3 Å². The highest BCUT2D eigenvalue weighted by atomic mass is 19.2. The van der Waals surface area contributed by atoms with E-state index in [1.54, 1.807) is 0 Å². The predicted molar refractivity (Wildman–Crippen MR) is 279 cm³/mol. The zero-order chi connectivity index (χ0) is 54.2. The van der Waals surface area contributed by atoms with Crippen LogP contribution in [0.5, 0.6) is 5.75 Å². The molecule has 5 rings (SSSR count). The number of carbonyl (C=O) groups is 1. The number of fused-ring (bicyclic) bond motifs is 3. The van der Waals surface area contributed by atoms with Crippen molar-refractivity contribution in [2.45, 2.75) is 52.0 Å². The van der Waals surface area contributed by atoms with Crippen LogP contribution < -0.4 is 15.4 Å². The number of likely N-dealkylation sites (N-methyl/N-ethyl adjacent to an activating group) is 2. The number of hydrogen-bond donors (Lipinski definition) is 1. The number of anilines is 2. The van der Waals surface area contributed by atoms with Gasteiger partial charge in [-0.25, -0.2) is 18.7 Å². The zero-order valence-electron chi connectivity index (χ0n) is 44.8. The molecular weight excluding hydrogens is 1000 g/mol. The van der Waals surface area contributed by atoms with Crippen LogP contribution in [0.3, 0.4) is 0 Å². The Labute approximate surface area is 444 Å². The number of esters is 1. The SMILES string of the molecule is CCCCc1nc2c(N)nc3ccc(N4CCN(C)CC4)cc3c2n1CCCCN(C)CCOCCOCCOCCOCCOCCOCCOCCOCCOCCOCCC(=O)Oc1c(F)c(F)cc(F)c1F. The Bertz CT molecular complexity index is 2240. The van der Waals surface area contributed by atoms with Crippen LogP contribution in [-0.4, -0.2) is 216 Å². The first-order valence-electron chi connectivity index (χ1n) is 26.6. The molecule has 76 heavy (non-hydrogen) atoms. The Balaban J connectivity index is 0.746. The molecule has 0 radical (unpaired) electrons. The van der Waals surface area contributed by atoms with Crippen LogP contribution in [-0.2, 0) is 65.1 Å². The van der Waals surface area contributed by atoms with E-state index >= 15 is 0 Å². The summed E-state index contributed by atoms with van der Waals surface area (Å²) in [5.74, 6) is -7.89. The first kappa shape index (κ1) is 62.5. The number of carbonyl (C=O) groups excluding carboxylic acids is 1. The van der Waals surface area contributed by atoms with Crippen molar-refractivity contribution in [1.82, 2.24) is 24.3 Å². The number of hydrogen-bond acceptors (Lipinski definition) is 18. The van der Waals surface area contributed by atoms with Gasteiger partial charge in [-0.3, -0.25) is 4.79 Å². The number of nitrogens with zero attached hydrogens (tertiary/aromatic N) is 6. The lowest BCUT2D eigenvalue weighted by Crippen LogP contribution is -2.44. The molecule has 0 amide bonds. The first-order chi connectivity index (χ1) is 37.1. The van der Waals surface area contributed by atoms with Crippen molar-refractivity contribution < 1.29 is 74.5 Å². The van der Waals surface area contributed by atoms with Gasteiger partial charge in [0.25, 0.3) is 0 Å². The third-order valence-electron chi connectivity index (χ3n) is 12.3. The van der Waals surface area contributed by atoms with Gasteiger partial charge in [-0.15, -0.1) is 0 Å². The molecular formula is C53H81F4N7O12. The molecule has 0 saturated carbocycles. The molecule has 2 aromatic heterocycles. The lowest BCUT2D eigenvalue weighted by atomic mass is 10.1. The van der Waals surface area contributed by atoms with Gasteiger partial charge in [0.15, 0.2) is 17.5 Å². The highest BCUT2D eigenvalue weighted by Crippen LogP contribution is 2.33. The van der Waals surface area contributed by atoms with Crippen molar-refractivity contribution in [3.8, 4) is 5.75 Å². The van der Waals surface area contributed by atoms with Crippen LogP contribution in [0.2, 0.25) is 0 Å². The van der Waals surface area contributed by atoms with Crippen LogP contribution >= 0.6 is 0 Å². The van der Waals surface area contributed by atoms with Crippen molar-refractivity contribution in [3.63, 3.8) is 0 Å². The summed E-state index contributed by atoms with van der Waals surface area (Å²) in [5.41, 5.74) is 10.6. The molecule has 0 spiro atoms. The Kier molecular flexibility index (Phi) is 30.1. The zero-order valence-corrected chi connectivity index (χ0v) is 44.8. The number of aryl methyl sites for hydroxylation is 2. The normalized spacial score (nSPS) is 13.3. The summed E-state index contributed by atoms with van der Waals surface area (Å²) in [6.07, 6.45) is 4.79. The van der Waals surface area contributed by atoms with Crippen molar-refractivity contribution in [2.24, 2.45) is 0 Å². The van der Waals surface area contributed by atoms with E-state index in [0.29, 0.717) is 118 Å². The maximum absolute atomic E-state index is 13.6. The van der Waals surface area contributed by atoms with Crippen molar-refractivity contribution in [2.75, 3.05) is 196 Å². The maximum Gasteiger partial charge on any atom is 0.313 e. The molecule has 0 atom stereocenters. The first-order valence-corrected chi connectivity index (χ1v) is 26.6. The number of unbranched alkanes of at least 4 members (excludes halogenated alkanes) is 2. The fraction of sp³-hybridized carbons (Fsp3) is 0.679. The molecule has 1 fully saturated rings. The molecule has 2 N–H and O–H groups in total. The van der Waals surface area contributed by atoms with Gasteiger partial charge in [-0.05, 0) is 58.1 Å². The second-order valence-corrected chi connectivity index (χ2v) is 18.1. The largest absolute Gasteiger partial charge is 0.420 e. The molecule has 3 heterocycles. The minimum absolute atomic E-state index is 0.0212. The van der Waals surface area contributed by atoms with Gasteiger partial charge >= 0.3 is 5.97 Å². The van der Waals surface area contributed by atoms with Crippen LogP contribution in [0.25, 0.3) is 21.9 Å². The summed E-state index contributed by atoms with van der Waals surface area (Å²) in [6, 6.07) is 6.61. The summed E-state index contributed by atoms with van der Waals surface area (Å²) in [5, 5.41) is 1.12. The molecule has 0 aliphatic carbocycles. The van der Waals surface area contributed by atoms with E-state index in [9.17, 15) is 22.4 Å². The lowest BCUT2D eigenvalue weighted by Gasteiger charge is -2.34. The van der Waals surface area contributed by atoms with Crippen LogP contribution in [0, 0.1) is 23.3 Å². The van der Waals surface area contributed by atoms with Gasteiger partial charge in [0, 0.05) is 62.8 Å². The molecule has 1 saturated heterocycles. The third-order valence-corrected chi connectivity index (χ3v) is 12.3. The van der Waals surface area contributed by atoms with Gasteiger partial charge in [0.05, 0.1) is 150 Å². The second-order valence-electron chi connectivity index (χ2n) is 18.1. The van der Waals surface area contributed by atoms with E-state index in [1.165, 1.54) is 5.69 Å². The standard InChI is InChI=1S/C53H81F4N7O12/c1-4-5-8-46-60-50-51(42-39-41(9-10-45(42)59-53(50)58)63-16-14-62(3)15-17-63)64(46)13-7-6-12-61(2)18-20-67-22-24-69-26-28-71-30-32-73-34-36-75-38-37-74-35-33-72-31-29-70-27-25-68-23-21-66-19-11-47(65)76-52-48(56)43(54)40-44(55)49(52)57/h9-10,39-40H,4-8,11-38H2,1-3H3,(H2,58,59). The average Bonchev–Trinajstić information content (AvgIpc) is 3.80. The van der Waals surface area contributed by atoms with E-state index in [1.807, 2.05) is 0 Å². The number of imidazole rings is 1. The Morgan fingerprint density at radius 1 is 0.618 bits per heavy atom. The minimum atomic E-state index is -1.79. The number of piperazine rings is 1. The molecule has 23 heteroatoms. The molecule has 428 valence electrons. The lowest BCUT2D eigenvalue weighted by molar-refractivity contribution is -0.136. The van der Waals surface area contributed by atoms with Crippen molar-refractivity contribution >= 4 is 39.4 Å². The van der Waals surface area contributed by atoms with E-state index < -0.39 is 41.4 Å². The second kappa shape index (κ2) is 36.7. The third kappa shape index (κ3) is 22.5. The molecule has 0 bridgehead atoms. The van der Waals surface area contributed by atoms with Crippen molar-refractivity contribution in [3.05, 3.63) is 53.4 Å². The topological polar surface area (TPSA) is 185 Å². The predicted octanol–water partition coefficient (Wildman–Crippen LogP) is 5.69. The van der Waals surface area contributed by atoms with E-state index in [2.05, 4.69) is 63.2 Å². The van der Waals surface area contributed by atoms with E-state index in [0.717, 1.165) is 106 Å². The molecule has 1 aliphatic heterocycles. The average molecular weight is 1080 g/mol. The number of nitrogen functional groups attached to an aromatic ring is 1. The molecule has 2 aromatic carbocycles. The number of benzene rings is 2. The van der Waals surface area contributed by atoms with Crippen LogP contribution in [0.1, 0.15) is 44.9 Å². The summed E-state index contributed by atoms with van der Waals surface area (Å²) in [7, 11) is 4.32. The minimum Gasteiger partial charge on any atom is -0.420 e. The quantitative estimate of drug-likeness (QED) is 0.0187. The van der Waals surface area contributed by atoms with Gasteiger partial charge < -0.3 is 77.1 Å². The van der Waals surface area contributed by atoms with Crippen molar-refractivity contribution in [1.29, 1.82) is 0 Å². The highest BCUT2D eigenvalue weighted by molar-refractivity contribution is 6.07. The summed E-state index contributed by atoms with van der Waals surface area (Å²) in [4.78, 5) is 28.7. The van der Waals surface area contributed by atoms with Crippen LogP contribution in [0.15, 0.2) is 24.3 Å². The number of ether oxygens (including phenoxy) is 11. The Morgan fingerprint density at radius 3 is 1.61 bits per heavy atom.